The number of carbonyl (C=O) groups is 1. The van der Waals surface area contributed by atoms with Gasteiger partial charge in [-0.15, -0.1) is 0 Å². The normalized spacial score (nSPS) is 13.7. The number of anilines is 1. The number of hydrogen-bond donors (Lipinski definition) is 2. The first-order chi connectivity index (χ1) is 9.33. The zero-order valence-corrected chi connectivity index (χ0v) is 10.5. The van der Waals surface area contributed by atoms with Gasteiger partial charge in [0, 0.05) is 44.8 Å². The summed E-state index contributed by atoms with van der Waals surface area (Å²) < 4.78 is 3.90. The van der Waals surface area contributed by atoms with Gasteiger partial charge in [0.05, 0.1) is 6.33 Å². The molecule has 2 N–H and O–H groups in total. The number of aryl methyl sites for hydroxylation is 1. The molecule has 0 radical (unpaired) electrons. The van der Waals surface area contributed by atoms with E-state index < -0.39 is 0 Å². The predicted molar refractivity (Wildman–Crippen MR) is 69.9 cm³/mol. The Bertz CT molecular complexity index is 535. The van der Waals surface area contributed by atoms with Crippen LogP contribution in [0.3, 0.4) is 0 Å². The van der Waals surface area contributed by atoms with Crippen LogP contribution < -0.4 is 10.6 Å². The first kappa shape index (κ1) is 11.8. The third kappa shape index (κ3) is 2.59. The fourth-order valence-electron chi connectivity index (χ4n) is 2.09. The molecule has 1 amide bonds. The van der Waals surface area contributed by atoms with Crippen molar-refractivity contribution in [3.05, 3.63) is 30.6 Å². The van der Waals surface area contributed by atoms with Crippen LogP contribution in [0.5, 0.6) is 0 Å². The summed E-state index contributed by atoms with van der Waals surface area (Å²) in [6.45, 7) is 3.10. The molecule has 0 saturated heterocycles. The molecule has 7 heteroatoms. The second-order valence-corrected chi connectivity index (χ2v) is 4.48. The monoisotopic (exact) mass is 260 g/mol. The van der Waals surface area contributed by atoms with Gasteiger partial charge >= 0.3 is 0 Å². The molecule has 1 aliphatic rings. The molecule has 19 heavy (non-hydrogen) atoms. The molecule has 0 spiro atoms. The van der Waals surface area contributed by atoms with E-state index in [1.165, 1.54) is 0 Å². The van der Waals surface area contributed by atoms with Crippen LogP contribution in [0.1, 0.15) is 16.9 Å². The van der Waals surface area contributed by atoms with E-state index in [2.05, 4.69) is 20.6 Å². The minimum Gasteiger partial charge on any atom is -0.356 e. The van der Waals surface area contributed by atoms with Gasteiger partial charge in [-0.05, 0) is 6.42 Å². The minimum absolute atomic E-state index is 0.135. The van der Waals surface area contributed by atoms with Crippen LogP contribution >= 0.6 is 0 Å². The lowest BCUT2D eigenvalue weighted by Gasteiger charge is -2.14. The van der Waals surface area contributed by atoms with Gasteiger partial charge in [0.25, 0.3) is 5.91 Å². The maximum atomic E-state index is 12.0. The largest absolute Gasteiger partial charge is 0.356 e. The van der Waals surface area contributed by atoms with E-state index in [-0.39, 0.29) is 5.91 Å². The molecule has 2 aromatic heterocycles. The quantitative estimate of drug-likeness (QED) is 0.830. The van der Waals surface area contributed by atoms with E-state index in [0.29, 0.717) is 18.8 Å². The minimum atomic E-state index is -0.135. The lowest BCUT2D eigenvalue weighted by atomic mass is 10.4. The third-order valence-corrected chi connectivity index (χ3v) is 3.08. The van der Waals surface area contributed by atoms with Gasteiger partial charge in [0.2, 0.25) is 5.95 Å². The van der Waals surface area contributed by atoms with Crippen LogP contribution in [0, 0.1) is 0 Å². The van der Waals surface area contributed by atoms with Gasteiger partial charge in [-0.1, -0.05) is 0 Å². The van der Waals surface area contributed by atoms with Crippen molar-refractivity contribution in [2.45, 2.75) is 19.5 Å². The predicted octanol–water partition coefficient (Wildman–Crippen LogP) is 0.325. The summed E-state index contributed by atoms with van der Waals surface area (Å²) in [7, 11) is 0. The van der Waals surface area contributed by atoms with E-state index in [0.717, 1.165) is 25.5 Å². The molecule has 0 fully saturated rings. The highest BCUT2D eigenvalue weighted by Crippen LogP contribution is 2.13. The van der Waals surface area contributed by atoms with E-state index in [4.69, 9.17) is 0 Å². The first-order valence-corrected chi connectivity index (χ1v) is 6.38. The Morgan fingerprint density at radius 1 is 1.53 bits per heavy atom. The Hall–Kier alpha value is -2.31. The summed E-state index contributed by atoms with van der Waals surface area (Å²) in [6.07, 6.45) is 8.17. The molecule has 0 aliphatic carbocycles. The average molecular weight is 260 g/mol. The molecular weight excluding hydrogens is 244 g/mol. The lowest BCUT2D eigenvalue weighted by molar-refractivity contribution is 0.0947. The van der Waals surface area contributed by atoms with E-state index in [1.54, 1.807) is 18.7 Å². The van der Waals surface area contributed by atoms with Gasteiger partial charge in [-0.2, -0.15) is 0 Å². The van der Waals surface area contributed by atoms with Crippen molar-refractivity contribution in [3.8, 4) is 0 Å². The van der Waals surface area contributed by atoms with Crippen molar-refractivity contribution in [1.29, 1.82) is 0 Å². The van der Waals surface area contributed by atoms with Crippen LogP contribution in [-0.2, 0) is 13.1 Å². The van der Waals surface area contributed by atoms with Gasteiger partial charge < -0.3 is 19.8 Å². The second kappa shape index (κ2) is 5.13. The molecule has 7 nitrogen and oxygen atoms in total. The zero-order chi connectivity index (χ0) is 13.1. The van der Waals surface area contributed by atoms with Crippen molar-refractivity contribution in [2.24, 2.45) is 0 Å². The van der Waals surface area contributed by atoms with Crippen molar-refractivity contribution >= 4 is 11.9 Å². The maximum Gasteiger partial charge on any atom is 0.271 e. The Kier molecular flexibility index (Phi) is 3.18. The number of rotatable bonds is 4. The van der Waals surface area contributed by atoms with Crippen molar-refractivity contribution in [2.75, 3.05) is 18.4 Å². The van der Waals surface area contributed by atoms with Crippen LogP contribution in [0.2, 0.25) is 0 Å². The lowest BCUT2D eigenvalue weighted by Crippen LogP contribution is -2.27. The summed E-state index contributed by atoms with van der Waals surface area (Å²) in [6, 6.07) is 0. The second-order valence-electron chi connectivity index (χ2n) is 4.48. The third-order valence-electron chi connectivity index (χ3n) is 3.08. The highest BCUT2D eigenvalue weighted by atomic mass is 16.1. The summed E-state index contributed by atoms with van der Waals surface area (Å²) >= 11 is 0. The summed E-state index contributed by atoms with van der Waals surface area (Å²) in [5, 5.41) is 6.03. The molecule has 0 saturated carbocycles. The molecule has 0 bridgehead atoms. The van der Waals surface area contributed by atoms with Gasteiger partial charge in [-0.3, -0.25) is 4.79 Å². The summed E-state index contributed by atoms with van der Waals surface area (Å²) in [4.78, 5) is 20.2. The van der Waals surface area contributed by atoms with E-state index in [9.17, 15) is 4.79 Å². The summed E-state index contributed by atoms with van der Waals surface area (Å²) in [5.74, 6) is 0.648. The SMILES string of the molecule is O=C(NCCn1ccnc1)c1cn2c(n1)NCCC2. The van der Waals surface area contributed by atoms with Crippen LogP contribution in [0.25, 0.3) is 0 Å². The number of carbonyl (C=O) groups excluding carboxylic acids is 1. The molecule has 100 valence electrons. The number of nitrogens with zero attached hydrogens (tertiary/aromatic N) is 4. The fraction of sp³-hybridized carbons (Fsp3) is 0.417. The highest BCUT2D eigenvalue weighted by molar-refractivity contribution is 5.92. The van der Waals surface area contributed by atoms with Crippen molar-refractivity contribution < 1.29 is 4.79 Å². The maximum absolute atomic E-state index is 12.0. The molecular formula is C12H16N6O. The Morgan fingerprint density at radius 3 is 3.26 bits per heavy atom. The van der Waals surface area contributed by atoms with Crippen LogP contribution in [-0.4, -0.2) is 38.1 Å². The molecule has 3 heterocycles. The summed E-state index contributed by atoms with van der Waals surface area (Å²) in [5.41, 5.74) is 0.468. The van der Waals surface area contributed by atoms with Gasteiger partial charge in [0.1, 0.15) is 5.69 Å². The van der Waals surface area contributed by atoms with E-state index >= 15 is 0 Å². The first-order valence-electron chi connectivity index (χ1n) is 6.38. The molecule has 0 aromatic carbocycles. The fourth-order valence-corrected chi connectivity index (χ4v) is 2.09. The standard InChI is InChI=1S/C12H16N6O/c19-11(14-4-7-17-6-3-13-9-17)10-8-18-5-1-2-15-12(18)16-10/h3,6,8-9H,1-2,4-5,7H2,(H,14,19)(H,15,16). The molecule has 0 atom stereocenters. The molecule has 1 aliphatic heterocycles. The number of imidazole rings is 2. The smallest absolute Gasteiger partial charge is 0.271 e. The van der Waals surface area contributed by atoms with Gasteiger partial charge in [-0.25, -0.2) is 9.97 Å². The average Bonchev–Trinajstić information content (AvgIpc) is 3.07. The zero-order valence-electron chi connectivity index (χ0n) is 10.5. The van der Waals surface area contributed by atoms with Crippen molar-refractivity contribution in [3.63, 3.8) is 0 Å². The molecule has 3 rings (SSSR count). The van der Waals surface area contributed by atoms with Crippen LogP contribution in [0.4, 0.5) is 5.95 Å². The molecule has 2 aromatic rings. The number of amides is 1. The number of fused-ring (bicyclic) bond motifs is 1. The van der Waals surface area contributed by atoms with Crippen molar-refractivity contribution in [1.82, 2.24) is 24.4 Å². The highest BCUT2D eigenvalue weighted by Gasteiger charge is 2.15. The topological polar surface area (TPSA) is 76.8 Å². The van der Waals surface area contributed by atoms with Gasteiger partial charge in [0.15, 0.2) is 0 Å². The molecule has 0 unspecified atom stereocenters. The number of nitrogens with one attached hydrogen (secondary N) is 2. The van der Waals surface area contributed by atoms with E-state index in [1.807, 2.05) is 15.3 Å². The Morgan fingerprint density at radius 2 is 2.47 bits per heavy atom. The Balaban J connectivity index is 1.56. The van der Waals surface area contributed by atoms with Crippen LogP contribution in [0.15, 0.2) is 24.9 Å². The number of aromatic nitrogens is 4. The number of hydrogen-bond acceptors (Lipinski definition) is 4. The Labute approximate surface area is 110 Å².